The highest BCUT2D eigenvalue weighted by molar-refractivity contribution is 5.90. The maximum absolute atomic E-state index is 11.3. The fourth-order valence-corrected chi connectivity index (χ4v) is 2.33. The molecule has 1 N–H and O–H groups in total. The molecular weight excluding hydrogens is 178 g/mol. The summed E-state index contributed by atoms with van der Waals surface area (Å²) in [6.07, 6.45) is 8.27. The number of carbonyl (C=O) groups excluding carboxylic acids is 1. The van der Waals surface area contributed by atoms with Crippen molar-refractivity contribution in [3.8, 4) is 0 Å². The maximum Gasteiger partial charge on any atom is 0.354 e. The molecule has 0 saturated heterocycles. The Hall–Kier alpha value is -0.990. The summed E-state index contributed by atoms with van der Waals surface area (Å²) in [5, 5.41) is 2.87. The molecule has 0 spiro atoms. The molecule has 1 unspecified atom stereocenters. The molecule has 1 atom stereocenters. The van der Waals surface area contributed by atoms with Crippen molar-refractivity contribution in [2.75, 3.05) is 7.05 Å². The van der Waals surface area contributed by atoms with E-state index in [1.807, 2.05) is 6.08 Å². The number of esters is 1. The Balaban J connectivity index is 1.99. The summed E-state index contributed by atoms with van der Waals surface area (Å²) in [6.45, 7) is 0. The van der Waals surface area contributed by atoms with Crippen LogP contribution >= 0.6 is 0 Å². The highest BCUT2D eigenvalue weighted by atomic mass is 16.5. The number of rotatable bonds is 2. The van der Waals surface area contributed by atoms with Gasteiger partial charge in [-0.05, 0) is 24.8 Å². The van der Waals surface area contributed by atoms with Crippen molar-refractivity contribution in [2.24, 2.45) is 5.92 Å². The first-order chi connectivity index (χ1) is 6.81. The molecule has 0 aromatic heterocycles. The molecule has 1 aliphatic heterocycles. The molecule has 3 nitrogen and oxygen atoms in total. The monoisotopic (exact) mass is 195 g/mol. The molecule has 0 amide bonds. The maximum atomic E-state index is 11.3. The Morgan fingerprint density at radius 1 is 1.36 bits per heavy atom. The molecule has 1 heterocycles. The molecule has 3 heteroatoms. The van der Waals surface area contributed by atoms with Gasteiger partial charge in [0.25, 0.3) is 0 Å². The minimum atomic E-state index is -0.192. The highest BCUT2D eigenvalue weighted by Gasteiger charge is 2.31. The van der Waals surface area contributed by atoms with E-state index in [2.05, 4.69) is 5.32 Å². The van der Waals surface area contributed by atoms with Crippen LogP contribution in [0.1, 0.15) is 32.1 Å². The van der Waals surface area contributed by atoms with Gasteiger partial charge in [-0.15, -0.1) is 0 Å². The summed E-state index contributed by atoms with van der Waals surface area (Å²) < 4.78 is 5.31. The quantitative estimate of drug-likeness (QED) is 0.680. The molecule has 0 radical (unpaired) electrons. The fourth-order valence-electron chi connectivity index (χ4n) is 2.33. The van der Waals surface area contributed by atoms with E-state index in [0.29, 0.717) is 11.6 Å². The molecule has 0 bridgehead atoms. The standard InChI is InChI=1S/C11H17NO2/c1-12-9-7-10(14-11(9)13)8-5-3-2-4-6-8/h7-8,10,12H,2-6H2,1H3. The Morgan fingerprint density at radius 3 is 2.64 bits per heavy atom. The van der Waals surface area contributed by atoms with Crippen LogP contribution < -0.4 is 5.32 Å². The van der Waals surface area contributed by atoms with Gasteiger partial charge < -0.3 is 10.1 Å². The number of carbonyl (C=O) groups is 1. The highest BCUT2D eigenvalue weighted by Crippen LogP contribution is 2.31. The molecule has 0 aromatic rings. The van der Waals surface area contributed by atoms with Gasteiger partial charge in [0, 0.05) is 7.05 Å². The second-order valence-electron chi connectivity index (χ2n) is 4.10. The zero-order valence-corrected chi connectivity index (χ0v) is 8.58. The number of hydrogen-bond donors (Lipinski definition) is 1. The first-order valence-electron chi connectivity index (χ1n) is 5.42. The molecule has 1 aliphatic carbocycles. The van der Waals surface area contributed by atoms with Crippen molar-refractivity contribution in [2.45, 2.75) is 38.2 Å². The van der Waals surface area contributed by atoms with Gasteiger partial charge in [-0.3, -0.25) is 0 Å². The third-order valence-electron chi connectivity index (χ3n) is 3.18. The lowest BCUT2D eigenvalue weighted by Gasteiger charge is -2.25. The van der Waals surface area contributed by atoms with E-state index in [4.69, 9.17) is 4.74 Å². The van der Waals surface area contributed by atoms with Crippen molar-refractivity contribution in [3.63, 3.8) is 0 Å². The summed E-state index contributed by atoms with van der Waals surface area (Å²) in [6, 6.07) is 0. The molecule has 78 valence electrons. The van der Waals surface area contributed by atoms with Crippen molar-refractivity contribution in [3.05, 3.63) is 11.8 Å². The lowest BCUT2D eigenvalue weighted by atomic mass is 9.85. The number of likely N-dealkylation sites (N-methyl/N-ethyl adjacent to an activating group) is 1. The largest absolute Gasteiger partial charge is 0.453 e. The minimum Gasteiger partial charge on any atom is -0.453 e. The molecule has 2 aliphatic rings. The van der Waals surface area contributed by atoms with Crippen LogP contribution in [-0.4, -0.2) is 19.1 Å². The van der Waals surface area contributed by atoms with Crippen LogP contribution in [-0.2, 0) is 9.53 Å². The van der Waals surface area contributed by atoms with Crippen molar-refractivity contribution >= 4 is 5.97 Å². The van der Waals surface area contributed by atoms with Crippen molar-refractivity contribution in [1.29, 1.82) is 0 Å². The normalized spacial score (nSPS) is 28.5. The molecular formula is C11H17NO2. The topological polar surface area (TPSA) is 38.3 Å². The SMILES string of the molecule is CNC1=CC(C2CCCCC2)OC1=O. The van der Waals surface area contributed by atoms with Gasteiger partial charge in [0.1, 0.15) is 11.8 Å². The molecule has 2 rings (SSSR count). The van der Waals surface area contributed by atoms with Gasteiger partial charge in [-0.2, -0.15) is 0 Å². The summed E-state index contributed by atoms with van der Waals surface area (Å²) in [4.78, 5) is 11.3. The predicted molar refractivity (Wildman–Crippen MR) is 53.6 cm³/mol. The zero-order chi connectivity index (χ0) is 9.97. The molecule has 1 saturated carbocycles. The molecule has 0 aromatic carbocycles. The van der Waals surface area contributed by atoms with Gasteiger partial charge in [-0.1, -0.05) is 19.3 Å². The van der Waals surface area contributed by atoms with Crippen LogP contribution in [0, 0.1) is 5.92 Å². The van der Waals surface area contributed by atoms with E-state index in [-0.39, 0.29) is 12.1 Å². The van der Waals surface area contributed by atoms with Gasteiger partial charge >= 0.3 is 5.97 Å². The average Bonchev–Trinajstić information content (AvgIpc) is 2.61. The van der Waals surface area contributed by atoms with E-state index in [1.165, 1.54) is 32.1 Å². The van der Waals surface area contributed by atoms with E-state index >= 15 is 0 Å². The first kappa shape index (κ1) is 9.56. The molecule has 14 heavy (non-hydrogen) atoms. The van der Waals surface area contributed by atoms with Gasteiger partial charge in [0.15, 0.2) is 0 Å². The minimum absolute atomic E-state index is 0.0326. The number of cyclic esters (lactones) is 1. The van der Waals surface area contributed by atoms with E-state index in [1.54, 1.807) is 7.05 Å². The Kier molecular flexibility index (Phi) is 2.75. The van der Waals surface area contributed by atoms with E-state index < -0.39 is 0 Å². The van der Waals surface area contributed by atoms with E-state index in [9.17, 15) is 4.79 Å². The second kappa shape index (κ2) is 4.03. The Labute approximate surface area is 84.5 Å². The fraction of sp³-hybridized carbons (Fsp3) is 0.727. The number of hydrogen-bond acceptors (Lipinski definition) is 3. The third kappa shape index (κ3) is 1.76. The van der Waals surface area contributed by atoms with Gasteiger partial charge in [0.05, 0.1) is 0 Å². The Morgan fingerprint density at radius 2 is 2.07 bits per heavy atom. The van der Waals surface area contributed by atoms with Crippen molar-refractivity contribution in [1.82, 2.24) is 5.32 Å². The second-order valence-corrected chi connectivity index (χ2v) is 4.10. The van der Waals surface area contributed by atoms with Crippen LogP contribution in [0.3, 0.4) is 0 Å². The van der Waals surface area contributed by atoms with Crippen LogP contribution in [0.15, 0.2) is 11.8 Å². The van der Waals surface area contributed by atoms with Gasteiger partial charge in [0.2, 0.25) is 0 Å². The van der Waals surface area contributed by atoms with Crippen LogP contribution in [0.2, 0.25) is 0 Å². The lowest BCUT2D eigenvalue weighted by Crippen LogP contribution is -2.22. The summed E-state index contributed by atoms with van der Waals surface area (Å²) >= 11 is 0. The van der Waals surface area contributed by atoms with Crippen LogP contribution in [0.25, 0.3) is 0 Å². The zero-order valence-electron chi connectivity index (χ0n) is 8.58. The summed E-state index contributed by atoms with van der Waals surface area (Å²) in [5.41, 5.74) is 0.626. The Bertz CT molecular complexity index is 254. The number of ether oxygens (including phenoxy) is 1. The lowest BCUT2D eigenvalue weighted by molar-refractivity contribution is -0.142. The van der Waals surface area contributed by atoms with Crippen molar-refractivity contribution < 1.29 is 9.53 Å². The summed E-state index contributed by atoms with van der Waals surface area (Å²) in [7, 11) is 1.76. The number of nitrogens with one attached hydrogen (secondary N) is 1. The summed E-state index contributed by atoms with van der Waals surface area (Å²) in [5.74, 6) is 0.363. The molecule has 1 fully saturated rings. The van der Waals surface area contributed by atoms with Crippen LogP contribution in [0.4, 0.5) is 0 Å². The van der Waals surface area contributed by atoms with Crippen LogP contribution in [0.5, 0.6) is 0 Å². The first-order valence-corrected chi connectivity index (χ1v) is 5.42. The average molecular weight is 195 g/mol. The third-order valence-corrected chi connectivity index (χ3v) is 3.18. The van der Waals surface area contributed by atoms with Gasteiger partial charge in [-0.25, -0.2) is 4.79 Å². The predicted octanol–water partition coefficient (Wildman–Crippen LogP) is 1.60. The smallest absolute Gasteiger partial charge is 0.354 e. The van der Waals surface area contributed by atoms with E-state index in [0.717, 1.165) is 0 Å².